The minimum Gasteiger partial charge on any atom is -0.398 e. The van der Waals surface area contributed by atoms with E-state index in [0.29, 0.717) is 17.1 Å². The molecule has 2 aromatic rings. The SMILES string of the molecule is Cc1cc(N)c(C(=O)Nc2ncc(Br)cc2C)cn1. The van der Waals surface area contributed by atoms with Gasteiger partial charge in [0, 0.05) is 28.2 Å². The number of carbonyl (C=O) groups is 1. The minimum absolute atomic E-state index is 0.317. The molecule has 1 amide bonds. The van der Waals surface area contributed by atoms with E-state index in [0.717, 1.165) is 15.7 Å². The number of hydrogen-bond donors (Lipinski definition) is 2. The fraction of sp³-hybridized carbons (Fsp3) is 0.154. The molecule has 3 N–H and O–H groups in total. The van der Waals surface area contributed by atoms with E-state index in [1.807, 2.05) is 19.9 Å². The van der Waals surface area contributed by atoms with Crippen molar-refractivity contribution in [2.24, 2.45) is 0 Å². The van der Waals surface area contributed by atoms with E-state index in [1.165, 1.54) is 6.20 Å². The number of nitrogens with one attached hydrogen (secondary N) is 1. The summed E-state index contributed by atoms with van der Waals surface area (Å²) >= 11 is 3.32. The van der Waals surface area contributed by atoms with Crippen LogP contribution in [0, 0.1) is 13.8 Å². The predicted molar refractivity (Wildman–Crippen MR) is 78.0 cm³/mol. The highest BCUT2D eigenvalue weighted by Crippen LogP contribution is 2.19. The van der Waals surface area contributed by atoms with Gasteiger partial charge >= 0.3 is 0 Å². The number of rotatable bonds is 2. The van der Waals surface area contributed by atoms with Crippen LogP contribution in [0.25, 0.3) is 0 Å². The van der Waals surface area contributed by atoms with Gasteiger partial charge in [0.25, 0.3) is 5.91 Å². The standard InChI is InChI=1S/C13H13BrN4O/c1-7-3-9(14)5-17-12(7)18-13(19)10-6-16-8(2)4-11(10)15/h3-6H,1-2H3,(H2,15,16)(H,17,18,19). The van der Waals surface area contributed by atoms with Crippen molar-refractivity contribution in [3.63, 3.8) is 0 Å². The van der Waals surface area contributed by atoms with Crippen LogP contribution in [0.4, 0.5) is 11.5 Å². The van der Waals surface area contributed by atoms with E-state index in [-0.39, 0.29) is 5.91 Å². The lowest BCUT2D eigenvalue weighted by Crippen LogP contribution is -2.16. The summed E-state index contributed by atoms with van der Waals surface area (Å²) in [6.45, 7) is 3.68. The lowest BCUT2D eigenvalue weighted by molar-refractivity contribution is 0.102. The van der Waals surface area contributed by atoms with Gasteiger partial charge in [-0.15, -0.1) is 0 Å². The zero-order chi connectivity index (χ0) is 14.0. The lowest BCUT2D eigenvalue weighted by atomic mass is 10.2. The molecule has 2 rings (SSSR count). The topological polar surface area (TPSA) is 80.9 Å². The average Bonchev–Trinajstić information content (AvgIpc) is 2.32. The quantitative estimate of drug-likeness (QED) is 0.891. The molecule has 6 heteroatoms. The van der Waals surface area contributed by atoms with Crippen molar-refractivity contribution in [3.05, 3.63) is 45.8 Å². The Morgan fingerprint density at radius 1 is 1.26 bits per heavy atom. The van der Waals surface area contributed by atoms with E-state index in [2.05, 4.69) is 31.2 Å². The summed E-state index contributed by atoms with van der Waals surface area (Å²) in [5.74, 6) is 0.191. The van der Waals surface area contributed by atoms with Gasteiger partial charge in [0.2, 0.25) is 0 Å². The molecule has 0 aromatic carbocycles. The third-order valence-corrected chi connectivity index (χ3v) is 3.03. The highest BCUT2D eigenvalue weighted by molar-refractivity contribution is 9.10. The Labute approximate surface area is 119 Å². The highest BCUT2D eigenvalue weighted by Gasteiger charge is 2.12. The maximum Gasteiger partial charge on any atom is 0.260 e. The van der Waals surface area contributed by atoms with Crippen LogP contribution in [-0.2, 0) is 0 Å². The Balaban J connectivity index is 2.25. The summed E-state index contributed by atoms with van der Waals surface area (Å²) in [4.78, 5) is 20.3. The normalized spacial score (nSPS) is 10.3. The largest absolute Gasteiger partial charge is 0.398 e. The molecule has 0 spiro atoms. The van der Waals surface area contributed by atoms with Gasteiger partial charge in [0.1, 0.15) is 5.82 Å². The van der Waals surface area contributed by atoms with Crippen LogP contribution in [0.2, 0.25) is 0 Å². The summed E-state index contributed by atoms with van der Waals surface area (Å²) in [5, 5.41) is 2.72. The second-order valence-corrected chi connectivity index (χ2v) is 5.10. The summed E-state index contributed by atoms with van der Waals surface area (Å²) in [6.07, 6.45) is 3.09. The Kier molecular flexibility index (Phi) is 3.80. The first kappa shape index (κ1) is 13.5. The fourth-order valence-electron chi connectivity index (χ4n) is 1.62. The van der Waals surface area contributed by atoms with Gasteiger partial charge in [0.15, 0.2) is 0 Å². The Hall–Kier alpha value is -1.95. The number of hydrogen-bond acceptors (Lipinski definition) is 4. The number of pyridine rings is 2. The molecule has 0 aliphatic heterocycles. The number of anilines is 2. The van der Waals surface area contributed by atoms with Crippen LogP contribution in [0.15, 0.2) is 29.0 Å². The molecule has 0 saturated heterocycles. The summed E-state index contributed by atoms with van der Waals surface area (Å²) < 4.78 is 0.861. The molecular formula is C13H13BrN4O. The van der Waals surface area contributed by atoms with Crippen molar-refractivity contribution in [2.75, 3.05) is 11.1 Å². The molecule has 0 fully saturated rings. The van der Waals surface area contributed by atoms with E-state index in [4.69, 9.17) is 5.73 Å². The van der Waals surface area contributed by atoms with Gasteiger partial charge in [-0.05, 0) is 47.5 Å². The van der Waals surface area contributed by atoms with Crippen molar-refractivity contribution in [1.29, 1.82) is 0 Å². The molecule has 0 saturated carbocycles. The first-order valence-electron chi connectivity index (χ1n) is 5.63. The average molecular weight is 321 g/mol. The van der Waals surface area contributed by atoms with Crippen LogP contribution in [0.1, 0.15) is 21.6 Å². The third kappa shape index (κ3) is 3.08. The monoisotopic (exact) mass is 320 g/mol. The molecule has 2 aromatic heterocycles. The predicted octanol–water partition coefficient (Wildman–Crippen LogP) is 2.69. The highest BCUT2D eigenvalue weighted by atomic mass is 79.9. The first-order valence-corrected chi connectivity index (χ1v) is 6.42. The zero-order valence-electron chi connectivity index (χ0n) is 10.6. The number of aryl methyl sites for hydroxylation is 2. The van der Waals surface area contributed by atoms with Gasteiger partial charge in [0.05, 0.1) is 5.56 Å². The number of nitrogens with two attached hydrogens (primary N) is 1. The minimum atomic E-state index is -0.317. The third-order valence-electron chi connectivity index (χ3n) is 2.59. The molecule has 2 heterocycles. The molecule has 5 nitrogen and oxygen atoms in total. The van der Waals surface area contributed by atoms with Crippen molar-refractivity contribution >= 4 is 33.3 Å². The number of aromatic nitrogens is 2. The Morgan fingerprint density at radius 3 is 2.63 bits per heavy atom. The van der Waals surface area contributed by atoms with Crippen LogP contribution in [0.3, 0.4) is 0 Å². The lowest BCUT2D eigenvalue weighted by Gasteiger charge is -2.09. The Morgan fingerprint density at radius 2 is 2.00 bits per heavy atom. The number of nitrogen functional groups attached to an aromatic ring is 1. The number of carbonyl (C=O) groups excluding carboxylic acids is 1. The molecule has 0 bridgehead atoms. The Bertz CT molecular complexity index is 643. The molecule has 19 heavy (non-hydrogen) atoms. The van der Waals surface area contributed by atoms with Crippen LogP contribution in [-0.4, -0.2) is 15.9 Å². The first-order chi connectivity index (χ1) is 8.97. The summed E-state index contributed by atoms with van der Waals surface area (Å²) in [7, 11) is 0. The number of halogens is 1. The molecule has 0 radical (unpaired) electrons. The zero-order valence-corrected chi connectivity index (χ0v) is 12.2. The smallest absolute Gasteiger partial charge is 0.260 e. The second-order valence-electron chi connectivity index (χ2n) is 4.19. The van der Waals surface area contributed by atoms with E-state index >= 15 is 0 Å². The number of nitrogens with zero attached hydrogens (tertiary/aromatic N) is 2. The van der Waals surface area contributed by atoms with E-state index in [9.17, 15) is 4.79 Å². The second kappa shape index (κ2) is 5.36. The fourth-order valence-corrected chi connectivity index (χ4v) is 2.06. The van der Waals surface area contributed by atoms with E-state index in [1.54, 1.807) is 12.3 Å². The van der Waals surface area contributed by atoms with Crippen molar-refractivity contribution < 1.29 is 4.79 Å². The van der Waals surface area contributed by atoms with Crippen LogP contribution in [0.5, 0.6) is 0 Å². The molecule has 98 valence electrons. The molecular weight excluding hydrogens is 308 g/mol. The van der Waals surface area contributed by atoms with Crippen LogP contribution >= 0.6 is 15.9 Å². The van der Waals surface area contributed by atoms with Gasteiger partial charge in [-0.25, -0.2) is 4.98 Å². The van der Waals surface area contributed by atoms with Gasteiger partial charge < -0.3 is 11.1 Å². The van der Waals surface area contributed by atoms with Gasteiger partial charge in [-0.2, -0.15) is 0 Å². The molecule has 0 aliphatic rings. The van der Waals surface area contributed by atoms with Crippen molar-refractivity contribution in [2.45, 2.75) is 13.8 Å². The van der Waals surface area contributed by atoms with Crippen molar-refractivity contribution in [1.82, 2.24) is 9.97 Å². The van der Waals surface area contributed by atoms with Gasteiger partial charge in [-0.3, -0.25) is 9.78 Å². The molecule has 0 atom stereocenters. The molecule has 0 unspecified atom stereocenters. The van der Waals surface area contributed by atoms with E-state index < -0.39 is 0 Å². The van der Waals surface area contributed by atoms with Crippen LogP contribution < -0.4 is 11.1 Å². The van der Waals surface area contributed by atoms with Crippen molar-refractivity contribution in [3.8, 4) is 0 Å². The summed E-state index contributed by atoms with van der Waals surface area (Å²) in [6, 6.07) is 3.54. The molecule has 0 aliphatic carbocycles. The van der Waals surface area contributed by atoms with Gasteiger partial charge in [-0.1, -0.05) is 0 Å². The summed E-state index contributed by atoms with van der Waals surface area (Å²) in [5.41, 5.74) is 8.19. The maximum atomic E-state index is 12.1. The number of amides is 1. The maximum absolute atomic E-state index is 12.1.